The number of benzene rings is 2. The van der Waals surface area contributed by atoms with Crippen LogP contribution < -0.4 is 10.2 Å². The van der Waals surface area contributed by atoms with E-state index in [2.05, 4.69) is 15.3 Å². The van der Waals surface area contributed by atoms with Gasteiger partial charge in [-0.05, 0) is 38.0 Å². The molecule has 6 heteroatoms. The molecule has 3 aromatic rings. The van der Waals surface area contributed by atoms with Gasteiger partial charge < -0.3 is 10.1 Å². The fourth-order valence-corrected chi connectivity index (χ4v) is 3.73. The van der Waals surface area contributed by atoms with Crippen LogP contribution in [-0.2, 0) is 4.74 Å². The fraction of sp³-hybridized carbons (Fsp3) is 0.261. The predicted molar refractivity (Wildman–Crippen MR) is 113 cm³/mol. The molecule has 1 aromatic heterocycles. The van der Waals surface area contributed by atoms with E-state index in [1.807, 2.05) is 81.4 Å². The number of nitrogens with one attached hydrogen (secondary N) is 1. The number of hydrogen-bond donors (Lipinski definition) is 1. The molecule has 1 N–H and O–H groups in total. The van der Waals surface area contributed by atoms with E-state index in [4.69, 9.17) is 4.74 Å². The SMILES string of the molecule is C[C@@H](Nc1nccc(N2C(=O)OC(C)(C)C2c2ccccc2)n1)c1ccccc1. The third-order valence-electron chi connectivity index (χ3n) is 5.11. The van der Waals surface area contributed by atoms with Crippen LogP contribution in [0.2, 0.25) is 0 Å². The summed E-state index contributed by atoms with van der Waals surface area (Å²) in [6.45, 7) is 5.88. The van der Waals surface area contributed by atoms with Gasteiger partial charge >= 0.3 is 6.09 Å². The molecule has 0 spiro atoms. The maximum atomic E-state index is 12.8. The van der Waals surface area contributed by atoms with Gasteiger partial charge in [0.05, 0.1) is 6.04 Å². The van der Waals surface area contributed by atoms with Crippen LogP contribution in [0, 0.1) is 0 Å². The minimum absolute atomic E-state index is 0.0262. The average Bonchev–Trinajstić information content (AvgIpc) is 2.97. The van der Waals surface area contributed by atoms with E-state index in [1.54, 1.807) is 17.2 Å². The summed E-state index contributed by atoms with van der Waals surface area (Å²) in [5.41, 5.74) is 1.44. The first-order valence-corrected chi connectivity index (χ1v) is 9.67. The first kappa shape index (κ1) is 18.9. The molecule has 4 rings (SSSR count). The smallest absolute Gasteiger partial charge is 0.416 e. The topological polar surface area (TPSA) is 67.4 Å². The van der Waals surface area contributed by atoms with Gasteiger partial charge in [0.2, 0.25) is 5.95 Å². The number of carbonyl (C=O) groups excluding carboxylic acids is 1. The molecule has 6 nitrogen and oxygen atoms in total. The Labute approximate surface area is 170 Å². The average molecular weight is 388 g/mol. The summed E-state index contributed by atoms with van der Waals surface area (Å²) in [6, 6.07) is 21.4. The van der Waals surface area contributed by atoms with Crippen LogP contribution >= 0.6 is 0 Å². The molecule has 0 saturated carbocycles. The van der Waals surface area contributed by atoms with Gasteiger partial charge in [0, 0.05) is 6.20 Å². The van der Waals surface area contributed by atoms with Crippen molar-refractivity contribution in [3.8, 4) is 0 Å². The summed E-state index contributed by atoms with van der Waals surface area (Å²) >= 11 is 0. The molecule has 0 aliphatic carbocycles. The number of rotatable bonds is 5. The molecule has 29 heavy (non-hydrogen) atoms. The Balaban J connectivity index is 1.65. The monoisotopic (exact) mass is 388 g/mol. The molecule has 0 bridgehead atoms. The Kier molecular flexibility index (Phi) is 4.92. The van der Waals surface area contributed by atoms with E-state index in [9.17, 15) is 4.79 Å². The third kappa shape index (κ3) is 3.78. The van der Waals surface area contributed by atoms with Crippen molar-refractivity contribution in [3.63, 3.8) is 0 Å². The molecular weight excluding hydrogens is 364 g/mol. The van der Waals surface area contributed by atoms with E-state index in [1.165, 1.54) is 0 Å². The first-order valence-electron chi connectivity index (χ1n) is 9.67. The number of aromatic nitrogens is 2. The summed E-state index contributed by atoms with van der Waals surface area (Å²) in [6.07, 6.45) is 1.24. The quantitative estimate of drug-likeness (QED) is 0.656. The number of anilines is 2. The van der Waals surface area contributed by atoms with E-state index in [-0.39, 0.29) is 12.1 Å². The molecule has 0 radical (unpaired) electrons. The molecular formula is C23H24N4O2. The van der Waals surface area contributed by atoms with E-state index in [0.717, 1.165) is 11.1 Å². The first-order chi connectivity index (χ1) is 14.0. The predicted octanol–water partition coefficient (Wildman–Crippen LogP) is 5.13. The summed E-state index contributed by atoms with van der Waals surface area (Å²) in [5.74, 6) is 0.968. The van der Waals surface area contributed by atoms with Crippen molar-refractivity contribution in [2.75, 3.05) is 10.2 Å². The highest BCUT2D eigenvalue weighted by atomic mass is 16.6. The maximum absolute atomic E-state index is 12.8. The zero-order valence-electron chi connectivity index (χ0n) is 16.7. The number of ether oxygens (including phenoxy) is 1. The molecule has 1 amide bonds. The second kappa shape index (κ2) is 7.54. The van der Waals surface area contributed by atoms with Crippen LogP contribution in [-0.4, -0.2) is 21.7 Å². The van der Waals surface area contributed by atoms with Gasteiger partial charge in [-0.2, -0.15) is 4.98 Å². The van der Waals surface area contributed by atoms with Crippen molar-refractivity contribution in [3.05, 3.63) is 84.1 Å². The highest BCUT2D eigenvalue weighted by molar-refractivity contribution is 5.90. The lowest BCUT2D eigenvalue weighted by Crippen LogP contribution is -2.34. The summed E-state index contributed by atoms with van der Waals surface area (Å²) in [4.78, 5) is 23.3. The van der Waals surface area contributed by atoms with Crippen molar-refractivity contribution < 1.29 is 9.53 Å². The van der Waals surface area contributed by atoms with Gasteiger partial charge in [-0.3, -0.25) is 0 Å². The molecule has 148 valence electrons. The van der Waals surface area contributed by atoms with E-state index in [0.29, 0.717) is 11.8 Å². The lowest BCUT2D eigenvalue weighted by atomic mass is 9.91. The maximum Gasteiger partial charge on any atom is 0.416 e. The lowest BCUT2D eigenvalue weighted by Gasteiger charge is -2.28. The van der Waals surface area contributed by atoms with E-state index < -0.39 is 11.7 Å². The highest BCUT2D eigenvalue weighted by Crippen LogP contribution is 2.43. The fourth-order valence-electron chi connectivity index (χ4n) is 3.73. The van der Waals surface area contributed by atoms with Gasteiger partial charge in [-0.25, -0.2) is 14.7 Å². The number of carbonyl (C=O) groups is 1. The molecule has 1 aliphatic rings. The molecule has 2 atom stereocenters. The van der Waals surface area contributed by atoms with Crippen LogP contribution in [0.15, 0.2) is 72.9 Å². The summed E-state index contributed by atoms with van der Waals surface area (Å²) in [7, 11) is 0. The van der Waals surface area contributed by atoms with Gasteiger partial charge in [0.15, 0.2) is 0 Å². The number of hydrogen-bond acceptors (Lipinski definition) is 5. The van der Waals surface area contributed by atoms with Crippen LogP contribution in [0.5, 0.6) is 0 Å². The zero-order valence-corrected chi connectivity index (χ0v) is 16.7. The Bertz CT molecular complexity index is 992. The summed E-state index contributed by atoms with van der Waals surface area (Å²) in [5, 5.41) is 3.31. The minimum Gasteiger partial charge on any atom is -0.440 e. The number of nitrogens with zero attached hydrogens (tertiary/aromatic N) is 3. The van der Waals surface area contributed by atoms with Crippen LogP contribution in [0.25, 0.3) is 0 Å². The van der Waals surface area contributed by atoms with Crippen molar-refractivity contribution in [2.24, 2.45) is 0 Å². The summed E-state index contributed by atoms with van der Waals surface area (Å²) < 4.78 is 5.68. The molecule has 1 fully saturated rings. The molecule has 2 aromatic carbocycles. The van der Waals surface area contributed by atoms with Crippen molar-refractivity contribution in [2.45, 2.75) is 38.5 Å². The number of cyclic esters (lactones) is 1. The van der Waals surface area contributed by atoms with Gasteiger partial charge in [-0.1, -0.05) is 60.7 Å². The highest BCUT2D eigenvalue weighted by Gasteiger charge is 2.49. The van der Waals surface area contributed by atoms with Crippen LogP contribution in [0.1, 0.15) is 44.0 Å². The van der Waals surface area contributed by atoms with Crippen LogP contribution in [0.4, 0.5) is 16.6 Å². The Morgan fingerprint density at radius 2 is 1.69 bits per heavy atom. The molecule has 2 heterocycles. The Morgan fingerprint density at radius 3 is 2.38 bits per heavy atom. The van der Waals surface area contributed by atoms with Crippen molar-refractivity contribution in [1.82, 2.24) is 9.97 Å². The molecule has 1 saturated heterocycles. The minimum atomic E-state index is -0.686. The van der Waals surface area contributed by atoms with Crippen molar-refractivity contribution >= 4 is 17.9 Å². The second-order valence-corrected chi connectivity index (χ2v) is 7.67. The Hall–Kier alpha value is -3.41. The van der Waals surface area contributed by atoms with Gasteiger partial charge in [0.1, 0.15) is 17.5 Å². The van der Waals surface area contributed by atoms with E-state index >= 15 is 0 Å². The normalized spacial score (nSPS) is 18.9. The number of amides is 1. The van der Waals surface area contributed by atoms with Gasteiger partial charge in [-0.15, -0.1) is 0 Å². The third-order valence-corrected chi connectivity index (χ3v) is 5.11. The zero-order chi connectivity index (χ0) is 20.4. The van der Waals surface area contributed by atoms with Crippen molar-refractivity contribution in [1.29, 1.82) is 0 Å². The van der Waals surface area contributed by atoms with Crippen LogP contribution in [0.3, 0.4) is 0 Å². The van der Waals surface area contributed by atoms with Gasteiger partial charge in [0.25, 0.3) is 0 Å². The second-order valence-electron chi connectivity index (χ2n) is 7.67. The Morgan fingerprint density at radius 1 is 1.03 bits per heavy atom. The lowest BCUT2D eigenvalue weighted by molar-refractivity contribution is 0.0685. The largest absolute Gasteiger partial charge is 0.440 e. The molecule has 1 unspecified atom stereocenters. The standard InChI is InChI=1S/C23H24N4O2/c1-16(17-10-6-4-7-11-17)25-21-24-15-14-19(26-21)27-20(18-12-8-5-9-13-18)23(2,3)29-22(27)28/h4-16,20H,1-3H3,(H,24,25,26)/t16-,20?/m1/s1. The molecule has 1 aliphatic heterocycles.